The fourth-order valence-electron chi connectivity index (χ4n) is 4.61. The first-order chi connectivity index (χ1) is 15.1. The van der Waals surface area contributed by atoms with Crippen molar-refractivity contribution in [3.05, 3.63) is 64.8 Å². The van der Waals surface area contributed by atoms with Crippen molar-refractivity contribution in [1.29, 1.82) is 0 Å². The van der Waals surface area contributed by atoms with E-state index in [1.165, 1.54) is 22.3 Å². The van der Waals surface area contributed by atoms with Crippen LogP contribution in [0.5, 0.6) is 11.5 Å². The highest BCUT2D eigenvalue weighted by Crippen LogP contribution is 2.34. The molecule has 6 nitrogen and oxygen atoms in total. The first kappa shape index (κ1) is 19.8. The number of rotatable bonds is 5. The van der Waals surface area contributed by atoms with E-state index in [4.69, 9.17) is 9.47 Å². The van der Waals surface area contributed by atoms with E-state index >= 15 is 0 Å². The molecule has 1 fully saturated rings. The SMILES string of the molecule is Cc1ccc(C)c(-c2[nH]ncc2CN2CCCC(C(=O)c3ccc4c(c3)OCO4)C2)c1. The van der Waals surface area contributed by atoms with Gasteiger partial charge in [-0.15, -0.1) is 0 Å². The molecular weight excluding hydrogens is 390 g/mol. The predicted octanol–water partition coefficient (Wildman–Crippen LogP) is 4.52. The van der Waals surface area contributed by atoms with Crippen LogP contribution < -0.4 is 9.47 Å². The van der Waals surface area contributed by atoms with Crippen LogP contribution in [0.25, 0.3) is 11.3 Å². The summed E-state index contributed by atoms with van der Waals surface area (Å²) in [5.41, 5.74) is 6.60. The number of piperidine rings is 1. The second-order valence-electron chi connectivity index (χ2n) is 8.60. The Morgan fingerprint density at radius 2 is 2.03 bits per heavy atom. The van der Waals surface area contributed by atoms with E-state index in [9.17, 15) is 4.79 Å². The minimum atomic E-state index is -0.00909. The van der Waals surface area contributed by atoms with Crippen molar-refractivity contribution in [2.45, 2.75) is 33.2 Å². The van der Waals surface area contributed by atoms with Gasteiger partial charge in [-0.1, -0.05) is 17.7 Å². The average molecular weight is 418 g/mol. The van der Waals surface area contributed by atoms with Gasteiger partial charge in [0.15, 0.2) is 17.3 Å². The number of H-pyrrole nitrogens is 1. The molecule has 5 rings (SSSR count). The third kappa shape index (κ3) is 3.95. The molecule has 0 spiro atoms. The second-order valence-corrected chi connectivity index (χ2v) is 8.60. The lowest BCUT2D eigenvalue weighted by molar-refractivity contribution is 0.0811. The number of fused-ring (bicyclic) bond motifs is 1. The van der Waals surface area contributed by atoms with Crippen molar-refractivity contribution in [1.82, 2.24) is 15.1 Å². The molecule has 2 aliphatic heterocycles. The van der Waals surface area contributed by atoms with Crippen LogP contribution in [-0.2, 0) is 6.54 Å². The van der Waals surface area contributed by atoms with Crippen molar-refractivity contribution in [3.63, 3.8) is 0 Å². The van der Waals surface area contributed by atoms with Crippen molar-refractivity contribution >= 4 is 5.78 Å². The molecule has 0 saturated carbocycles. The highest BCUT2D eigenvalue weighted by Gasteiger charge is 2.28. The molecule has 0 aliphatic carbocycles. The number of benzene rings is 2. The van der Waals surface area contributed by atoms with Crippen molar-refractivity contribution in [2.75, 3.05) is 19.9 Å². The number of Topliss-reactive ketones (excluding diaryl/α,β-unsaturated/α-hetero) is 1. The molecule has 3 aromatic rings. The monoisotopic (exact) mass is 417 g/mol. The van der Waals surface area contributed by atoms with Crippen LogP contribution in [-0.4, -0.2) is 40.8 Å². The Bertz CT molecular complexity index is 1120. The molecule has 31 heavy (non-hydrogen) atoms. The lowest BCUT2D eigenvalue weighted by Crippen LogP contribution is -2.38. The Labute approximate surface area is 182 Å². The molecule has 6 heteroatoms. The number of likely N-dealkylation sites (tertiary alicyclic amines) is 1. The summed E-state index contributed by atoms with van der Waals surface area (Å²) in [7, 11) is 0. The zero-order valence-electron chi connectivity index (χ0n) is 18.0. The lowest BCUT2D eigenvalue weighted by atomic mass is 9.89. The van der Waals surface area contributed by atoms with Gasteiger partial charge < -0.3 is 9.47 Å². The van der Waals surface area contributed by atoms with Crippen molar-refractivity contribution in [2.24, 2.45) is 5.92 Å². The molecule has 0 bridgehead atoms. The van der Waals surface area contributed by atoms with Gasteiger partial charge in [-0.25, -0.2) is 0 Å². The summed E-state index contributed by atoms with van der Waals surface area (Å²) < 4.78 is 10.8. The third-order valence-electron chi connectivity index (χ3n) is 6.31. The van der Waals surface area contributed by atoms with Crippen LogP contribution in [0.4, 0.5) is 0 Å². The number of carbonyl (C=O) groups excluding carboxylic acids is 1. The Morgan fingerprint density at radius 3 is 2.94 bits per heavy atom. The number of nitrogens with one attached hydrogen (secondary N) is 1. The number of aryl methyl sites for hydroxylation is 2. The minimum Gasteiger partial charge on any atom is -0.454 e. The molecule has 1 unspecified atom stereocenters. The summed E-state index contributed by atoms with van der Waals surface area (Å²) in [4.78, 5) is 15.6. The van der Waals surface area contributed by atoms with E-state index in [2.05, 4.69) is 47.1 Å². The van der Waals surface area contributed by atoms with E-state index in [0.717, 1.165) is 38.2 Å². The standard InChI is InChI=1S/C25H27N3O3/c1-16-5-6-17(2)21(10-16)24-20(12-26-27-24)14-28-9-3-4-19(13-28)25(29)18-7-8-22-23(11-18)31-15-30-22/h5-8,10-12,19H,3-4,9,13-15H2,1-2H3,(H,26,27). The Balaban J connectivity index is 1.31. The van der Waals surface area contributed by atoms with Gasteiger partial charge in [0.25, 0.3) is 0 Å². The summed E-state index contributed by atoms with van der Waals surface area (Å²) in [5.74, 6) is 1.55. The normalized spacial score (nSPS) is 18.3. The summed E-state index contributed by atoms with van der Waals surface area (Å²) in [6.07, 6.45) is 3.84. The smallest absolute Gasteiger partial charge is 0.231 e. The van der Waals surface area contributed by atoms with Crippen LogP contribution in [0.3, 0.4) is 0 Å². The van der Waals surface area contributed by atoms with Crippen LogP contribution in [0.2, 0.25) is 0 Å². The molecule has 0 radical (unpaired) electrons. The maximum atomic E-state index is 13.2. The third-order valence-corrected chi connectivity index (χ3v) is 6.31. The number of ketones is 1. The average Bonchev–Trinajstić information content (AvgIpc) is 3.44. The van der Waals surface area contributed by atoms with E-state index < -0.39 is 0 Å². The molecule has 2 aromatic carbocycles. The Kier molecular flexibility index (Phi) is 5.24. The van der Waals surface area contributed by atoms with Gasteiger partial charge in [0.2, 0.25) is 6.79 Å². The summed E-state index contributed by atoms with van der Waals surface area (Å²) in [6, 6.07) is 12.0. The highest BCUT2D eigenvalue weighted by atomic mass is 16.7. The largest absolute Gasteiger partial charge is 0.454 e. The quantitative estimate of drug-likeness (QED) is 0.619. The molecule has 1 N–H and O–H groups in total. The number of aromatic nitrogens is 2. The van der Waals surface area contributed by atoms with Gasteiger partial charge in [0.05, 0.1) is 11.9 Å². The predicted molar refractivity (Wildman–Crippen MR) is 118 cm³/mol. The van der Waals surface area contributed by atoms with Crippen molar-refractivity contribution in [3.8, 4) is 22.8 Å². The van der Waals surface area contributed by atoms with E-state index in [1.54, 1.807) is 0 Å². The molecule has 1 atom stereocenters. The van der Waals surface area contributed by atoms with Gasteiger partial charge in [-0.3, -0.25) is 14.8 Å². The second kappa shape index (κ2) is 8.19. The maximum absolute atomic E-state index is 13.2. The zero-order valence-corrected chi connectivity index (χ0v) is 18.0. The lowest BCUT2D eigenvalue weighted by Gasteiger charge is -2.32. The van der Waals surface area contributed by atoms with E-state index in [0.29, 0.717) is 17.1 Å². The molecule has 1 aromatic heterocycles. The van der Waals surface area contributed by atoms with Crippen LogP contribution in [0.15, 0.2) is 42.6 Å². The fraction of sp³-hybridized carbons (Fsp3) is 0.360. The van der Waals surface area contributed by atoms with Gasteiger partial charge in [-0.2, -0.15) is 5.10 Å². The maximum Gasteiger partial charge on any atom is 0.231 e. The summed E-state index contributed by atoms with van der Waals surface area (Å²) in [6.45, 7) is 6.98. The number of nitrogens with zero attached hydrogens (tertiary/aromatic N) is 2. The number of carbonyl (C=O) groups is 1. The Morgan fingerprint density at radius 1 is 1.16 bits per heavy atom. The molecule has 0 amide bonds. The Hall–Kier alpha value is -3.12. The molecule has 160 valence electrons. The highest BCUT2D eigenvalue weighted by molar-refractivity contribution is 5.98. The van der Waals surface area contributed by atoms with Crippen LogP contribution >= 0.6 is 0 Å². The number of hydrogen-bond acceptors (Lipinski definition) is 5. The zero-order chi connectivity index (χ0) is 21.4. The van der Waals surface area contributed by atoms with Crippen LogP contribution in [0.1, 0.15) is 39.9 Å². The number of aromatic amines is 1. The molecular formula is C25H27N3O3. The van der Waals surface area contributed by atoms with Crippen molar-refractivity contribution < 1.29 is 14.3 Å². The first-order valence-corrected chi connectivity index (χ1v) is 10.8. The van der Waals surface area contributed by atoms with E-state index in [-0.39, 0.29) is 18.5 Å². The van der Waals surface area contributed by atoms with Gasteiger partial charge in [0, 0.05) is 35.7 Å². The summed E-state index contributed by atoms with van der Waals surface area (Å²) >= 11 is 0. The van der Waals surface area contributed by atoms with E-state index in [1.807, 2.05) is 24.4 Å². The molecule has 1 saturated heterocycles. The number of ether oxygens (including phenoxy) is 2. The van der Waals surface area contributed by atoms with Gasteiger partial charge in [0.1, 0.15) is 0 Å². The molecule has 2 aliphatic rings. The van der Waals surface area contributed by atoms with Gasteiger partial charge >= 0.3 is 0 Å². The van der Waals surface area contributed by atoms with Crippen LogP contribution in [0, 0.1) is 19.8 Å². The summed E-state index contributed by atoms with van der Waals surface area (Å²) in [5, 5.41) is 7.52. The number of hydrogen-bond donors (Lipinski definition) is 1. The van der Waals surface area contributed by atoms with Gasteiger partial charge in [-0.05, 0) is 63.1 Å². The topological polar surface area (TPSA) is 67.5 Å². The first-order valence-electron chi connectivity index (χ1n) is 10.8. The minimum absolute atomic E-state index is 0.00909. The molecule has 3 heterocycles. The fourth-order valence-corrected chi connectivity index (χ4v) is 4.61.